The highest BCUT2D eigenvalue weighted by Crippen LogP contribution is 2.12. The molecule has 0 bridgehead atoms. The summed E-state index contributed by atoms with van der Waals surface area (Å²) < 4.78 is 5.40. The summed E-state index contributed by atoms with van der Waals surface area (Å²) in [5.41, 5.74) is 0.725. The smallest absolute Gasteiger partial charge is 0.251 e. The van der Waals surface area contributed by atoms with Gasteiger partial charge in [0.15, 0.2) is 0 Å². The molecule has 21 heavy (non-hydrogen) atoms. The number of ether oxygens (including phenoxy) is 1. The maximum atomic E-state index is 11.9. The molecule has 0 aliphatic rings. The highest BCUT2D eigenvalue weighted by molar-refractivity contribution is 5.97. The Bertz CT molecular complexity index is 504. The molecule has 0 radical (unpaired) electrons. The molecule has 116 valence electrons. The zero-order valence-electron chi connectivity index (χ0n) is 13.3. The number of carbonyl (C=O) groups is 2. The largest absolute Gasteiger partial charge is 0.366 e. The Hall–Kier alpha value is -1.88. The van der Waals surface area contributed by atoms with Crippen LogP contribution in [-0.4, -0.2) is 30.1 Å². The third kappa shape index (κ3) is 6.90. The van der Waals surface area contributed by atoms with E-state index in [2.05, 4.69) is 10.6 Å². The molecule has 0 saturated carbocycles. The minimum Gasteiger partial charge on any atom is -0.366 e. The lowest BCUT2D eigenvalue weighted by atomic mass is 10.1. The molecule has 5 nitrogen and oxygen atoms in total. The maximum Gasteiger partial charge on any atom is 0.251 e. The number of hydrogen-bond acceptors (Lipinski definition) is 3. The Balaban J connectivity index is 2.64. The molecule has 0 fully saturated rings. The highest BCUT2D eigenvalue weighted by Gasteiger charge is 2.13. The fraction of sp³-hybridized carbons (Fsp3) is 0.500. The topological polar surface area (TPSA) is 67.4 Å². The van der Waals surface area contributed by atoms with E-state index >= 15 is 0 Å². The lowest BCUT2D eigenvalue weighted by Gasteiger charge is -2.19. The van der Waals surface area contributed by atoms with Gasteiger partial charge in [-0.3, -0.25) is 9.59 Å². The summed E-state index contributed by atoms with van der Waals surface area (Å²) in [5.74, 6) is -0.404. The normalized spacial score (nSPS) is 11.3. The van der Waals surface area contributed by atoms with Gasteiger partial charge in [-0.05, 0) is 52.8 Å². The zero-order valence-corrected chi connectivity index (χ0v) is 13.3. The van der Waals surface area contributed by atoms with Crippen molar-refractivity contribution in [3.05, 3.63) is 29.8 Å². The molecule has 1 rings (SSSR count). The number of hydrogen-bond donors (Lipinski definition) is 2. The molecule has 1 aromatic carbocycles. The number of rotatable bonds is 5. The van der Waals surface area contributed by atoms with Crippen LogP contribution >= 0.6 is 0 Å². The molecule has 0 aliphatic heterocycles. The summed E-state index contributed by atoms with van der Waals surface area (Å²) in [6.45, 7) is 9.43. The van der Waals surface area contributed by atoms with Gasteiger partial charge in [0.1, 0.15) is 6.61 Å². The first-order valence-corrected chi connectivity index (χ1v) is 7.02. The van der Waals surface area contributed by atoms with Crippen molar-refractivity contribution in [3.63, 3.8) is 0 Å². The predicted octanol–water partition coefficient (Wildman–Crippen LogP) is 2.58. The molecule has 0 heterocycles. The van der Waals surface area contributed by atoms with Crippen LogP contribution in [0, 0.1) is 0 Å². The standard InChI is InChI=1S/C16H24N2O3/c1-11(2)17-15(20)12-7-6-8-13(9-12)18-14(19)10-21-16(3,4)5/h6-9,11H,10H2,1-5H3,(H,17,20)(H,18,19). The van der Waals surface area contributed by atoms with E-state index in [4.69, 9.17) is 4.74 Å². The second kappa shape index (κ2) is 7.22. The van der Waals surface area contributed by atoms with Crippen molar-refractivity contribution in [1.29, 1.82) is 0 Å². The summed E-state index contributed by atoms with van der Waals surface area (Å²) in [6, 6.07) is 6.89. The van der Waals surface area contributed by atoms with Gasteiger partial charge in [0.2, 0.25) is 5.91 Å². The van der Waals surface area contributed by atoms with Gasteiger partial charge in [-0.2, -0.15) is 0 Å². The van der Waals surface area contributed by atoms with Crippen LogP contribution in [0.2, 0.25) is 0 Å². The predicted molar refractivity (Wildman–Crippen MR) is 83.4 cm³/mol. The molecule has 0 spiro atoms. The van der Waals surface area contributed by atoms with Crippen molar-refractivity contribution in [2.45, 2.75) is 46.3 Å². The quantitative estimate of drug-likeness (QED) is 0.876. The number of amides is 2. The van der Waals surface area contributed by atoms with Crippen LogP contribution in [0.4, 0.5) is 5.69 Å². The summed E-state index contributed by atoms with van der Waals surface area (Å²) in [7, 11) is 0. The monoisotopic (exact) mass is 292 g/mol. The van der Waals surface area contributed by atoms with Crippen molar-refractivity contribution in [2.24, 2.45) is 0 Å². The van der Waals surface area contributed by atoms with Crippen LogP contribution < -0.4 is 10.6 Å². The van der Waals surface area contributed by atoms with Crippen molar-refractivity contribution in [2.75, 3.05) is 11.9 Å². The first-order chi connectivity index (χ1) is 9.67. The lowest BCUT2D eigenvalue weighted by molar-refractivity contribution is -0.125. The Labute approximate surface area is 126 Å². The van der Waals surface area contributed by atoms with Crippen LogP contribution in [0.5, 0.6) is 0 Å². The molecule has 1 aromatic rings. The third-order valence-electron chi connectivity index (χ3n) is 2.46. The third-order valence-corrected chi connectivity index (χ3v) is 2.46. The van der Waals surface area contributed by atoms with Crippen molar-refractivity contribution in [1.82, 2.24) is 5.32 Å². The van der Waals surface area contributed by atoms with Gasteiger partial charge in [-0.15, -0.1) is 0 Å². The minimum atomic E-state index is -0.365. The average Bonchev–Trinajstić information content (AvgIpc) is 2.35. The van der Waals surface area contributed by atoms with Crippen LogP contribution in [0.3, 0.4) is 0 Å². The van der Waals surface area contributed by atoms with E-state index in [1.165, 1.54) is 0 Å². The van der Waals surface area contributed by atoms with E-state index in [-0.39, 0.29) is 30.1 Å². The van der Waals surface area contributed by atoms with E-state index < -0.39 is 0 Å². The molecule has 0 atom stereocenters. The number of carbonyl (C=O) groups excluding carboxylic acids is 2. The molecule has 0 saturated heterocycles. The summed E-state index contributed by atoms with van der Waals surface area (Å²) in [6.07, 6.45) is 0. The second-order valence-corrected chi connectivity index (χ2v) is 6.16. The Kier molecular flexibility index (Phi) is 5.90. The van der Waals surface area contributed by atoms with E-state index in [1.807, 2.05) is 34.6 Å². The van der Waals surface area contributed by atoms with Gasteiger partial charge in [0.05, 0.1) is 5.60 Å². The molecular weight excluding hydrogens is 268 g/mol. The van der Waals surface area contributed by atoms with E-state index in [1.54, 1.807) is 24.3 Å². The lowest BCUT2D eigenvalue weighted by Crippen LogP contribution is -2.30. The fourth-order valence-corrected chi connectivity index (χ4v) is 1.56. The van der Waals surface area contributed by atoms with Crippen molar-refractivity contribution >= 4 is 17.5 Å². The summed E-state index contributed by atoms with van der Waals surface area (Å²) in [5, 5.41) is 5.53. The first kappa shape index (κ1) is 17.2. The number of anilines is 1. The van der Waals surface area contributed by atoms with Gasteiger partial charge >= 0.3 is 0 Å². The van der Waals surface area contributed by atoms with Crippen LogP contribution in [0.1, 0.15) is 45.0 Å². The fourth-order valence-electron chi connectivity index (χ4n) is 1.56. The average molecular weight is 292 g/mol. The molecule has 2 N–H and O–H groups in total. The van der Waals surface area contributed by atoms with Crippen LogP contribution in [-0.2, 0) is 9.53 Å². The van der Waals surface area contributed by atoms with Crippen LogP contribution in [0.15, 0.2) is 24.3 Å². The Morgan fingerprint density at radius 2 is 1.90 bits per heavy atom. The van der Waals surface area contributed by atoms with Gasteiger partial charge in [0.25, 0.3) is 5.91 Å². The minimum absolute atomic E-state index is 0.0219. The maximum absolute atomic E-state index is 11.9. The number of nitrogens with one attached hydrogen (secondary N) is 2. The van der Waals surface area contributed by atoms with Crippen molar-refractivity contribution in [3.8, 4) is 0 Å². The molecule has 0 aromatic heterocycles. The van der Waals surface area contributed by atoms with Gasteiger partial charge < -0.3 is 15.4 Å². The van der Waals surface area contributed by atoms with E-state index in [0.29, 0.717) is 11.3 Å². The van der Waals surface area contributed by atoms with Crippen LogP contribution in [0.25, 0.3) is 0 Å². The molecule has 0 aliphatic carbocycles. The van der Waals surface area contributed by atoms with Crippen molar-refractivity contribution < 1.29 is 14.3 Å². The molecule has 2 amide bonds. The summed E-state index contributed by atoms with van der Waals surface area (Å²) in [4.78, 5) is 23.7. The second-order valence-electron chi connectivity index (χ2n) is 6.16. The van der Waals surface area contributed by atoms with E-state index in [9.17, 15) is 9.59 Å². The van der Waals surface area contributed by atoms with Gasteiger partial charge in [-0.1, -0.05) is 6.07 Å². The Morgan fingerprint density at radius 1 is 1.24 bits per heavy atom. The van der Waals surface area contributed by atoms with E-state index in [0.717, 1.165) is 0 Å². The van der Waals surface area contributed by atoms with Gasteiger partial charge in [0, 0.05) is 17.3 Å². The Morgan fingerprint density at radius 3 is 2.48 bits per heavy atom. The molecular formula is C16H24N2O3. The SMILES string of the molecule is CC(C)NC(=O)c1cccc(NC(=O)COC(C)(C)C)c1. The number of benzene rings is 1. The van der Waals surface area contributed by atoms with Gasteiger partial charge in [-0.25, -0.2) is 0 Å². The summed E-state index contributed by atoms with van der Waals surface area (Å²) >= 11 is 0. The molecule has 5 heteroatoms. The highest BCUT2D eigenvalue weighted by atomic mass is 16.5. The first-order valence-electron chi connectivity index (χ1n) is 7.02. The molecule has 0 unspecified atom stereocenters. The zero-order chi connectivity index (χ0) is 16.0.